The van der Waals surface area contributed by atoms with Crippen LogP contribution in [0.4, 0.5) is 0 Å². The van der Waals surface area contributed by atoms with Crippen molar-refractivity contribution in [1.82, 2.24) is 0 Å². The summed E-state index contributed by atoms with van der Waals surface area (Å²) in [6, 6.07) is 13.0. The number of carbonyl (C=O) groups excluding carboxylic acids is 1. The molecular formula is C15H12O4. The van der Waals surface area contributed by atoms with Crippen molar-refractivity contribution in [3.8, 4) is 22.6 Å². The highest BCUT2D eigenvalue weighted by molar-refractivity contribution is 5.90. The van der Waals surface area contributed by atoms with Gasteiger partial charge in [0.05, 0.1) is 12.7 Å². The van der Waals surface area contributed by atoms with E-state index in [9.17, 15) is 4.79 Å². The number of ether oxygens (including phenoxy) is 3. The Bertz CT molecular complexity index is 617. The third-order valence-electron chi connectivity index (χ3n) is 3.01. The van der Waals surface area contributed by atoms with Crippen LogP contribution >= 0.6 is 0 Å². The van der Waals surface area contributed by atoms with Crippen molar-refractivity contribution in [3.63, 3.8) is 0 Å². The molecule has 0 amide bonds. The second-order valence-electron chi connectivity index (χ2n) is 4.14. The van der Waals surface area contributed by atoms with Gasteiger partial charge in [0.25, 0.3) is 0 Å². The fourth-order valence-electron chi connectivity index (χ4n) is 1.99. The van der Waals surface area contributed by atoms with Gasteiger partial charge in [-0.2, -0.15) is 0 Å². The van der Waals surface area contributed by atoms with Crippen molar-refractivity contribution in [1.29, 1.82) is 0 Å². The van der Waals surface area contributed by atoms with Crippen molar-refractivity contribution in [2.75, 3.05) is 13.9 Å². The number of hydrogen-bond donors (Lipinski definition) is 0. The number of methoxy groups -OCH3 is 1. The highest BCUT2D eigenvalue weighted by atomic mass is 16.7. The Morgan fingerprint density at radius 1 is 1.00 bits per heavy atom. The molecule has 96 valence electrons. The Balaban J connectivity index is 1.92. The van der Waals surface area contributed by atoms with E-state index in [1.165, 1.54) is 7.11 Å². The van der Waals surface area contributed by atoms with Crippen LogP contribution in [0.2, 0.25) is 0 Å². The van der Waals surface area contributed by atoms with Crippen LogP contribution < -0.4 is 9.47 Å². The molecule has 4 heteroatoms. The Kier molecular flexibility index (Phi) is 2.83. The number of hydrogen-bond acceptors (Lipinski definition) is 4. The lowest BCUT2D eigenvalue weighted by Gasteiger charge is -2.04. The number of fused-ring (bicyclic) bond motifs is 1. The molecule has 0 unspecified atom stereocenters. The zero-order valence-electron chi connectivity index (χ0n) is 10.4. The van der Waals surface area contributed by atoms with Gasteiger partial charge in [-0.1, -0.05) is 18.2 Å². The molecule has 0 saturated heterocycles. The van der Waals surface area contributed by atoms with Crippen LogP contribution in [-0.4, -0.2) is 19.9 Å². The number of benzene rings is 2. The highest BCUT2D eigenvalue weighted by Gasteiger charge is 2.14. The summed E-state index contributed by atoms with van der Waals surface area (Å²) < 4.78 is 15.3. The molecule has 2 aromatic rings. The van der Waals surface area contributed by atoms with Crippen LogP contribution in [0.1, 0.15) is 10.4 Å². The van der Waals surface area contributed by atoms with Gasteiger partial charge in [-0.25, -0.2) is 4.79 Å². The van der Waals surface area contributed by atoms with E-state index in [2.05, 4.69) is 4.74 Å². The lowest BCUT2D eigenvalue weighted by Crippen LogP contribution is -2.00. The van der Waals surface area contributed by atoms with E-state index in [-0.39, 0.29) is 12.8 Å². The molecule has 2 aromatic carbocycles. The molecule has 0 fully saturated rings. The molecule has 0 N–H and O–H groups in total. The maximum absolute atomic E-state index is 11.4. The van der Waals surface area contributed by atoms with E-state index in [4.69, 9.17) is 9.47 Å². The minimum absolute atomic E-state index is 0.264. The third-order valence-corrected chi connectivity index (χ3v) is 3.01. The normalized spacial score (nSPS) is 12.3. The summed E-state index contributed by atoms with van der Waals surface area (Å²) in [5, 5.41) is 0. The van der Waals surface area contributed by atoms with Gasteiger partial charge in [-0.3, -0.25) is 0 Å². The first-order chi connectivity index (χ1) is 9.28. The summed E-state index contributed by atoms with van der Waals surface area (Å²) in [5.74, 6) is 1.17. The Hall–Kier alpha value is -2.49. The molecule has 19 heavy (non-hydrogen) atoms. The van der Waals surface area contributed by atoms with Crippen LogP contribution in [0.15, 0.2) is 42.5 Å². The second-order valence-corrected chi connectivity index (χ2v) is 4.14. The summed E-state index contributed by atoms with van der Waals surface area (Å²) >= 11 is 0. The third kappa shape index (κ3) is 2.12. The topological polar surface area (TPSA) is 44.8 Å². The average molecular weight is 256 g/mol. The van der Waals surface area contributed by atoms with Crippen molar-refractivity contribution < 1.29 is 19.0 Å². The van der Waals surface area contributed by atoms with Gasteiger partial charge in [-0.05, 0) is 35.4 Å². The van der Waals surface area contributed by atoms with Gasteiger partial charge in [0.2, 0.25) is 6.79 Å². The lowest BCUT2D eigenvalue weighted by molar-refractivity contribution is 0.0601. The van der Waals surface area contributed by atoms with E-state index in [1.54, 1.807) is 12.1 Å². The van der Waals surface area contributed by atoms with Gasteiger partial charge in [0.1, 0.15) is 0 Å². The fourth-order valence-corrected chi connectivity index (χ4v) is 1.99. The van der Waals surface area contributed by atoms with Crippen molar-refractivity contribution in [2.45, 2.75) is 0 Å². The number of esters is 1. The Morgan fingerprint density at radius 2 is 1.68 bits per heavy atom. The number of rotatable bonds is 2. The molecule has 1 aliphatic heterocycles. The SMILES string of the molecule is COC(=O)c1ccc(-c2ccc3c(c2)OCO3)cc1. The van der Waals surface area contributed by atoms with Crippen LogP contribution in [-0.2, 0) is 4.74 Å². The molecule has 1 heterocycles. The lowest BCUT2D eigenvalue weighted by atomic mass is 10.0. The molecule has 4 nitrogen and oxygen atoms in total. The number of carbonyl (C=O) groups is 1. The maximum Gasteiger partial charge on any atom is 0.337 e. The largest absolute Gasteiger partial charge is 0.465 e. The fraction of sp³-hybridized carbons (Fsp3) is 0.133. The minimum atomic E-state index is -0.336. The zero-order chi connectivity index (χ0) is 13.2. The summed E-state index contributed by atoms with van der Waals surface area (Å²) in [4.78, 5) is 11.4. The summed E-state index contributed by atoms with van der Waals surface area (Å²) in [7, 11) is 1.37. The van der Waals surface area contributed by atoms with Gasteiger partial charge in [0.15, 0.2) is 11.5 Å². The van der Waals surface area contributed by atoms with Gasteiger partial charge in [0, 0.05) is 0 Å². The quantitative estimate of drug-likeness (QED) is 0.775. The standard InChI is InChI=1S/C15H12O4/c1-17-15(16)11-4-2-10(3-5-11)12-6-7-13-14(8-12)19-9-18-13/h2-8H,9H2,1H3. The molecule has 0 atom stereocenters. The first-order valence-electron chi connectivity index (χ1n) is 5.86. The van der Waals surface area contributed by atoms with Crippen LogP contribution in [0, 0.1) is 0 Å². The zero-order valence-corrected chi connectivity index (χ0v) is 10.4. The average Bonchev–Trinajstić information content (AvgIpc) is 2.94. The second kappa shape index (κ2) is 4.65. The van der Waals surface area contributed by atoms with Gasteiger partial charge in [-0.15, -0.1) is 0 Å². The summed E-state index contributed by atoms with van der Waals surface area (Å²) in [6.45, 7) is 0.264. The van der Waals surface area contributed by atoms with Crippen molar-refractivity contribution >= 4 is 5.97 Å². The molecule has 1 aliphatic rings. The van der Waals surface area contributed by atoms with Gasteiger partial charge < -0.3 is 14.2 Å². The Morgan fingerprint density at radius 3 is 2.42 bits per heavy atom. The smallest absolute Gasteiger partial charge is 0.337 e. The molecule has 0 aliphatic carbocycles. The van der Waals surface area contributed by atoms with Crippen LogP contribution in [0.5, 0.6) is 11.5 Å². The molecule has 0 spiro atoms. The first kappa shape index (κ1) is 11.6. The molecule has 0 aromatic heterocycles. The first-order valence-corrected chi connectivity index (χ1v) is 5.86. The monoisotopic (exact) mass is 256 g/mol. The predicted octanol–water partition coefficient (Wildman–Crippen LogP) is 2.87. The van der Waals surface area contributed by atoms with Crippen LogP contribution in [0.25, 0.3) is 11.1 Å². The summed E-state index contributed by atoms with van der Waals surface area (Å²) in [6.07, 6.45) is 0. The van der Waals surface area contributed by atoms with E-state index in [0.717, 1.165) is 22.6 Å². The molecule has 0 radical (unpaired) electrons. The van der Waals surface area contributed by atoms with E-state index >= 15 is 0 Å². The molecule has 0 saturated carbocycles. The molecule has 3 rings (SSSR count). The maximum atomic E-state index is 11.4. The van der Waals surface area contributed by atoms with Gasteiger partial charge >= 0.3 is 5.97 Å². The molecular weight excluding hydrogens is 244 g/mol. The van der Waals surface area contributed by atoms with Crippen molar-refractivity contribution in [2.24, 2.45) is 0 Å². The highest BCUT2D eigenvalue weighted by Crippen LogP contribution is 2.35. The van der Waals surface area contributed by atoms with E-state index < -0.39 is 0 Å². The molecule has 0 bridgehead atoms. The summed E-state index contributed by atoms with van der Waals surface area (Å²) in [5.41, 5.74) is 2.55. The van der Waals surface area contributed by atoms with E-state index in [1.807, 2.05) is 30.3 Å². The Labute approximate surface area is 110 Å². The van der Waals surface area contributed by atoms with Crippen molar-refractivity contribution in [3.05, 3.63) is 48.0 Å². The minimum Gasteiger partial charge on any atom is -0.465 e. The predicted molar refractivity (Wildman–Crippen MR) is 69.3 cm³/mol. The van der Waals surface area contributed by atoms with Crippen LogP contribution in [0.3, 0.4) is 0 Å². The van der Waals surface area contributed by atoms with E-state index in [0.29, 0.717) is 5.56 Å².